The van der Waals surface area contributed by atoms with E-state index < -0.39 is 6.10 Å². The normalized spacial score (nSPS) is 13.5. The summed E-state index contributed by atoms with van der Waals surface area (Å²) in [6.45, 7) is 2.65. The summed E-state index contributed by atoms with van der Waals surface area (Å²) in [5, 5.41) is 5.33. The number of nitrogens with one attached hydrogen (secondary N) is 2. The van der Waals surface area contributed by atoms with Crippen molar-refractivity contribution < 1.29 is 23.8 Å². The van der Waals surface area contributed by atoms with Gasteiger partial charge in [0.25, 0.3) is 11.8 Å². The molecular formula is C19H20N2O5. The maximum Gasteiger partial charge on any atom is 0.265 e. The van der Waals surface area contributed by atoms with Crippen molar-refractivity contribution in [2.45, 2.75) is 13.0 Å². The van der Waals surface area contributed by atoms with E-state index in [1.54, 1.807) is 56.4 Å². The molecule has 0 aliphatic carbocycles. The molecule has 7 nitrogen and oxygen atoms in total. The molecule has 0 aromatic heterocycles. The molecule has 1 aliphatic rings. The molecule has 1 unspecified atom stereocenters. The Morgan fingerprint density at radius 2 is 1.73 bits per heavy atom. The van der Waals surface area contributed by atoms with E-state index in [0.29, 0.717) is 41.7 Å². The van der Waals surface area contributed by atoms with Crippen LogP contribution in [0.5, 0.6) is 17.2 Å². The zero-order valence-corrected chi connectivity index (χ0v) is 14.6. The summed E-state index contributed by atoms with van der Waals surface area (Å²) in [6.07, 6.45) is -0.714. The lowest BCUT2D eigenvalue weighted by molar-refractivity contribution is -0.122. The summed E-state index contributed by atoms with van der Waals surface area (Å²) < 4.78 is 16.6. The SMILES string of the molecule is CNC(=O)c1ccc(OC(C)C(=O)Nc2ccc3c(c2)OCCO3)cc1. The molecule has 136 valence electrons. The average molecular weight is 356 g/mol. The van der Waals surface area contributed by atoms with E-state index in [1.165, 1.54) is 0 Å². The summed E-state index contributed by atoms with van der Waals surface area (Å²) in [7, 11) is 1.57. The third-order valence-corrected chi connectivity index (χ3v) is 3.84. The molecule has 0 saturated carbocycles. The van der Waals surface area contributed by atoms with Crippen molar-refractivity contribution >= 4 is 17.5 Å². The van der Waals surface area contributed by atoms with Crippen LogP contribution in [0.4, 0.5) is 5.69 Å². The number of amides is 2. The first kappa shape index (κ1) is 17.6. The molecule has 2 aromatic rings. The van der Waals surface area contributed by atoms with Crippen LogP contribution in [0, 0.1) is 0 Å². The lowest BCUT2D eigenvalue weighted by Crippen LogP contribution is -2.30. The number of carbonyl (C=O) groups excluding carboxylic acids is 2. The third-order valence-electron chi connectivity index (χ3n) is 3.84. The predicted octanol–water partition coefficient (Wildman–Crippen LogP) is 2.22. The van der Waals surface area contributed by atoms with Crippen LogP contribution in [0.25, 0.3) is 0 Å². The van der Waals surface area contributed by atoms with Gasteiger partial charge in [-0.1, -0.05) is 0 Å². The van der Waals surface area contributed by atoms with Crippen molar-refractivity contribution in [2.75, 3.05) is 25.6 Å². The summed E-state index contributed by atoms with van der Waals surface area (Å²) in [5.41, 5.74) is 1.12. The molecule has 0 saturated heterocycles. The molecule has 1 atom stereocenters. The minimum Gasteiger partial charge on any atom is -0.486 e. The first-order valence-electron chi connectivity index (χ1n) is 8.26. The van der Waals surface area contributed by atoms with Crippen LogP contribution < -0.4 is 24.8 Å². The van der Waals surface area contributed by atoms with Gasteiger partial charge in [0, 0.05) is 24.4 Å². The monoisotopic (exact) mass is 356 g/mol. The number of carbonyl (C=O) groups is 2. The number of rotatable bonds is 5. The van der Waals surface area contributed by atoms with Crippen LogP contribution in [0.15, 0.2) is 42.5 Å². The molecular weight excluding hydrogens is 336 g/mol. The predicted molar refractivity (Wildman–Crippen MR) is 96.0 cm³/mol. The van der Waals surface area contributed by atoms with E-state index in [4.69, 9.17) is 14.2 Å². The largest absolute Gasteiger partial charge is 0.486 e. The topological polar surface area (TPSA) is 85.9 Å². The Bertz CT molecular complexity index is 804. The highest BCUT2D eigenvalue weighted by molar-refractivity contribution is 5.95. The van der Waals surface area contributed by atoms with Gasteiger partial charge in [-0.25, -0.2) is 0 Å². The Hall–Kier alpha value is -3.22. The maximum absolute atomic E-state index is 12.3. The van der Waals surface area contributed by atoms with E-state index >= 15 is 0 Å². The number of hydrogen-bond donors (Lipinski definition) is 2. The third kappa shape index (κ3) is 4.05. The number of benzene rings is 2. The second-order valence-corrected chi connectivity index (χ2v) is 5.71. The van der Waals surface area contributed by atoms with Gasteiger partial charge in [0.2, 0.25) is 0 Å². The lowest BCUT2D eigenvalue weighted by atomic mass is 10.2. The quantitative estimate of drug-likeness (QED) is 0.858. The minimum absolute atomic E-state index is 0.180. The van der Waals surface area contributed by atoms with Crippen LogP contribution in [-0.4, -0.2) is 38.2 Å². The van der Waals surface area contributed by atoms with Crippen LogP contribution in [0.3, 0.4) is 0 Å². The first-order chi connectivity index (χ1) is 12.6. The molecule has 7 heteroatoms. The van der Waals surface area contributed by atoms with Gasteiger partial charge in [0.05, 0.1) is 0 Å². The van der Waals surface area contributed by atoms with Gasteiger partial charge in [-0.3, -0.25) is 9.59 Å². The summed E-state index contributed by atoms with van der Waals surface area (Å²) in [4.78, 5) is 23.9. The Labute approximate surface area is 151 Å². The molecule has 2 N–H and O–H groups in total. The second kappa shape index (κ2) is 7.77. The highest BCUT2D eigenvalue weighted by atomic mass is 16.6. The van der Waals surface area contributed by atoms with E-state index in [9.17, 15) is 9.59 Å². The van der Waals surface area contributed by atoms with Crippen molar-refractivity contribution in [3.05, 3.63) is 48.0 Å². The summed E-state index contributed by atoms with van der Waals surface area (Å²) in [6, 6.07) is 11.8. The molecule has 0 bridgehead atoms. The van der Waals surface area contributed by atoms with E-state index in [2.05, 4.69) is 10.6 Å². The molecule has 3 rings (SSSR count). The van der Waals surface area contributed by atoms with Crippen molar-refractivity contribution in [3.63, 3.8) is 0 Å². The van der Waals surface area contributed by atoms with Crippen molar-refractivity contribution in [1.82, 2.24) is 5.32 Å². The lowest BCUT2D eigenvalue weighted by Gasteiger charge is -2.19. The number of hydrogen-bond acceptors (Lipinski definition) is 5. The Balaban J connectivity index is 1.60. The Morgan fingerprint density at radius 1 is 1.04 bits per heavy atom. The fraction of sp³-hybridized carbons (Fsp3) is 0.263. The average Bonchev–Trinajstić information content (AvgIpc) is 2.67. The molecule has 2 amide bonds. The highest BCUT2D eigenvalue weighted by Gasteiger charge is 2.17. The van der Waals surface area contributed by atoms with Gasteiger partial charge in [0.1, 0.15) is 19.0 Å². The van der Waals surface area contributed by atoms with Gasteiger partial charge in [-0.2, -0.15) is 0 Å². The zero-order valence-electron chi connectivity index (χ0n) is 14.6. The van der Waals surface area contributed by atoms with Gasteiger partial charge in [-0.15, -0.1) is 0 Å². The van der Waals surface area contributed by atoms with Crippen LogP contribution in [-0.2, 0) is 4.79 Å². The van der Waals surface area contributed by atoms with Crippen LogP contribution in [0.1, 0.15) is 17.3 Å². The van der Waals surface area contributed by atoms with E-state index in [1.807, 2.05) is 0 Å². The van der Waals surface area contributed by atoms with Gasteiger partial charge in [0.15, 0.2) is 17.6 Å². The molecule has 1 heterocycles. The molecule has 1 aliphatic heterocycles. The molecule has 0 spiro atoms. The molecule has 26 heavy (non-hydrogen) atoms. The molecule has 0 fully saturated rings. The molecule has 2 aromatic carbocycles. The number of fused-ring (bicyclic) bond motifs is 1. The smallest absolute Gasteiger partial charge is 0.265 e. The van der Waals surface area contributed by atoms with Gasteiger partial charge >= 0.3 is 0 Å². The van der Waals surface area contributed by atoms with Crippen molar-refractivity contribution in [3.8, 4) is 17.2 Å². The number of anilines is 1. The van der Waals surface area contributed by atoms with Crippen LogP contribution in [0.2, 0.25) is 0 Å². The summed E-state index contributed by atoms with van der Waals surface area (Å²) in [5.74, 6) is 1.29. The maximum atomic E-state index is 12.3. The first-order valence-corrected chi connectivity index (χ1v) is 8.26. The fourth-order valence-corrected chi connectivity index (χ4v) is 2.45. The minimum atomic E-state index is -0.714. The fourth-order valence-electron chi connectivity index (χ4n) is 2.45. The van der Waals surface area contributed by atoms with Crippen molar-refractivity contribution in [1.29, 1.82) is 0 Å². The zero-order chi connectivity index (χ0) is 18.5. The van der Waals surface area contributed by atoms with Gasteiger partial charge < -0.3 is 24.8 Å². The molecule has 0 radical (unpaired) electrons. The second-order valence-electron chi connectivity index (χ2n) is 5.71. The van der Waals surface area contributed by atoms with E-state index in [0.717, 1.165) is 0 Å². The van der Waals surface area contributed by atoms with Gasteiger partial charge in [-0.05, 0) is 43.3 Å². The van der Waals surface area contributed by atoms with E-state index in [-0.39, 0.29) is 11.8 Å². The van der Waals surface area contributed by atoms with Crippen molar-refractivity contribution in [2.24, 2.45) is 0 Å². The Morgan fingerprint density at radius 3 is 2.42 bits per heavy atom. The standard InChI is InChI=1S/C19H20N2O5/c1-12(26-15-6-3-13(4-7-15)19(23)20-2)18(22)21-14-5-8-16-17(11-14)25-10-9-24-16/h3-8,11-12H,9-10H2,1-2H3,(H,20,23)(H,21,22). The summed E-state index contributed by atoms with van der Waals surface area (Å²) >= 11 is 0. The number of ether oxygens (including phenoxy) is 3. The highest BCUT2D eigenvalue weighted by Crippen LogP contribution is 2.32. The Kier molecular flexibility index (Phi) is 5.26. The van der Waals surface area contributed by atoms with Crippen LogP contribution >= 0.6 is 0 Å².